The molecule has 0 atom stereocenters. The lowest BCUT2D eigenvalue weighted by molar-refractivity contribution is 0.102. The van der Waals surface area contributed by atoms with Crippen molar-refractivity contribution in [1.29, 1.82) is 0 Å². The number of aromatic amines is 1. The number of nitrogens with zero attached hydrogens (tertiary/aromatic N) is 3. The quantitative estimate of drug-likeness (QED) is 0.717. The number of nitrogens with one attached hydrogen (secondary N) is 2. The van der Waals surface area contributed by atoms with Crippen LogP contribution in [0.1, 0.15) is 34.6 Å². The van der Waals surface area contributed by atoms with Crippen LogP contribution in [0.15, 0.2) is 29.3 Å². The zero-order chi connectivity index (χ0) is 18.8. The van der Waals surface area contributed by atoms with E-state index in [0.717, 1.165) is 36.9 Å². The van der Waals surface area contributed by atoms with Crippen LogP contribution in [0, 0.1) is 0 Å². The Kier molecular flexibility index (Phi) is 4.72. The molecule has 2 N–H and O–H groups in total. The van der Waals surface area contributed by atoms with Gasteiger partial charge in [-0.25, -0.2) is 4.98 Å². The Balaban J connectivity index is 1.62. The van der Waals surface area contributed by atoms with Crippen molar-refractivity contribution in [2.24, 2.45) is 0 Å². The number of fused-ring (bicyclic) bond motifs is 2. The molecule has 3 aromatic rings. The number of hydrogen-bond donors (Lipinski definition) is 2. The maximum absolute atomic E-state index is 12.7. The minimum atomic E-state index is -0.266. The minimum absolute atomic E-state index is 0.162. The first kappa shape index (κ1) is 17.4. The van der Waals surface area contributed by atoms with Crippen LogP contribution in [0.5, 0.6) is 0 Å². The van der Waals surface area contributed by atoms with E-state index in [1.165, 1.54) is 10.9 Å². The van der Waals surface area contributed by atoms with Crippen molar-refractivity contribution in [3.8, 4) is 0 Å². The fourth-order valence-electron chi connectivity index (χ4n) is 3.44. The monoisotopic (exact) mass is 367 g/mol. The maximum Gasteiger partial charge on any atom is 0.276 e. The SMILES string of the molecule is COCCn1cnc2ccc(NC(=O)c3n[nH]c4c3CCCC4)cc2c1=O. The van der Waals surface area contributed by atoms with Gasteiger partial charge >= 0.3 is 0 Å². The number of hydrogen-bond acceptors (Lipinski definition) is 5. The second kappa shape index (κ2) is 7.32. The van der Waals surface area contributed by atoms with Crippen molar-refractivity contribution in [3.05, 3.63) is 51.8 Å². The van der Waals surface area contributed by atoms with Gasteiger partial charge in [0.05, 0.1) is 30.4 Å². The van der Waals surface area contributed by atoms with Crippen molar-refractivity contribution in [3.63, 3.8) is 0 Å². The Morgan fingerprint density at radius 2 is 2.19 bits per heavy atom. The molecule has 0 fully saturated rings. The van der Waals surface area contributed by atoms with Gasteiger partial charge in [0.1, 0.15) is 0 Å². The van der Waals surface area contributed by atoms with Crippen molar-refractivity contribution in [2.45, 2.75) is 32.2 Å². The van der Waals surface area contributed by atoms with Crippen LogP contribution in [0.4, 0.5) is 5.69 Å². The summed E-state index contributed by atoms with van der Waals surface area (Å²) in [5.74, 6) is -0.266. The van der Waals surface area contributed by atoms with E-state index >= 15 is 0 Å². The van der Waals surface area contributed by atoms with E-state index in [9.17, 15) is 9.59 Å². The first-order valence-electron chi connectivity index (χ1n) is 9.03. The van der Waals surface area contributed by atoms with E-state index in [0.29, 0.717) is 35.4 Å². The number of anilines is 1. The molecular formula is C19H21N5O3. The number of methoxy groups -OCH3 is 1. The average molecular weight is 367 g/mol. The number of amides is 1. The number of ether oxygens (including phenoxy) is 1. The van der Waals surface area contributed by atoms with Crippen LogP contribution < -0.4 is 10.9 Å². The largest absolute Gasteiger partial charge is 0.383 e. The summed E-state index contributed by atoms with van der Waals surface area (Å²) in [5, 5.41) is 10.5. The van der Waals surface area contributed by atoms with Crippen molar-refractivity contribution in [2.75, 3.05) is 19.0 Å². The van der Waals surface area contributed by atoms with Crippen LogP contribution in [-0.4, -0.2) is 39.4 Å². The number of carbonyl (C=O) groups is 1. The van der Waals surface area contributed by atoms with Crippen molar-refractivity contribution < 1.29 is 9.53 Å². The molecule has 8 heteroatoms. The maximum atomic E-state index is 12.7. The van der Waals surface area contributed by atoms with Crippen LogP contribution in [0.2, 0.25) is 0 Å². The van der Waals surface area contributed by atoms with Crippen LogP contribution in [-0.2, 0) is 24.1 Å². The molecule has 1 aromatic carbocycles. The Hall–Kier alpha value is -3.00. The van der Waals surface area contributed by atoms with Gasteiger partial charge in [-0.15, -0.1) is 0 Å². The second-order valence-corrected chi connectivity index (χ2v) is 6.66. The van der Waals surface area contributed by atoms with Crippen LogP contribution in [0.3, 0.4) is 0 Å². The topological polar surface area (TPSA) is 102 Å². The van der Waals surface area contributed by atoms with Gasteiger partial charge in [0, 0.05) is 24.1 Å². The standard InChI is InChI=1S/C19H21N5O3/c1-27-9-8-24-11-20-15-7-6-12(10-14(15)19(24)26)21-18(25)17-13-4-2-3-5-16(13)22-23-17/h6-7,10-11H,2-5,8-9H2,1H3,(H,21,25)(H,22,23). The average Bonchev–Trinajstić information content (AvgIpc) is 3.12. The third-order valence-electron chi connectivity index (χ3n) is 4.89. The van der Waals surface area contributed by atoms with Gasteiger partial charge in [0.15, 0.2) is 5.69 Å². The van der Waals surface area contributed by atoms with E-state index in [2.05, 4.69) is 20.5 Å². The number of benzene rings is 1. The molecule has 0 aliphatic heterocycles. The molecule has 2 heterocycles. The normalized spacial score (nSPS) is 13.5. The molecule has 4 rings (SSSR count). The first-order chi connectivity index (χ1) is 13.2. The molecule has 2 aromatic heterocycles. The minimum Gasteiger partial charge on any atom is -0.383 e. The number of aryl methyl sites for hydroxylation is 1. The molecule has 140 valence electrons. The second-order valence-electron chi connectivity index (χ2n) is 6.66. The third kappa shape index (κ3) is 3.35. The van der Waals surface area contributed by atoms with E-state index in [4.69, 9.17) is 4.74 Å². The Labute approximate surface area is 155 Å². The summed E-state index contributed by atoms with van der Waals surface area (Å²) in [7, 11) is 1.58. The van der Waals surface area contributed by atoms with Gasteiger partial charge in [0.25, 0.3) is 11.5 Å². The van der Waals surface area contributed by atoms with E-state index in [1.54, 1.807) is 25.3 Å². The molecule has 0 unspecified atom stereocenters. The summed E-state index contributed by atoms with van der Waals surface area (Å²) in [6.07, 6.45) is 5.48. The Morgan fingerprint density at radius 1 is 1.33 bits per heavy atom. The number of rotatable bonds is 5. The predicted molar refractivity (Wildman–Crippen MR) is 101 cm³/mol. The lowest BCUT2D eigenvalue weighted by Gasteiger charge is -2.11. The van der Waals surface area contributed by atoms with Gasteiger partial charge < -0.3 is 10.1 Å². The number of H-pyrrole nitrogens is 1. The van der Waals surface area contributed by atoms with E-state index < -0.39 is 0 Å². The van der Waals surface area contributed by atoms with E-state index in [1.807, 2.05) is 0 Å². The summed E-state index contributed by atoms with van der Waals surface area (Å²) >= 11 is 0. The molecule has 27 heavy (non-hydrogen) atoms. The highest BCUT2D eigenvalue weighted by atomic mass is 16.5. The van der Waals surface area contributed by atoms with Crippen molar-refractivity contribution in [1.82, 2.24) is 19.7 Å². The molecule has 0 saturated heterocycles. The van der Waals surface area contributed by atoms with Gasteiger partial charge in [-0.05, 0) is 43.9 Å². The fraction of sp³-hybridized carbons (Fsp3) is 0.368. The summed E-state index contributed by atoms with van der Waals surface area (Å²) in [4.78, 5) is 29.6. The smallest absolute Gasteiger partial charge is 0.276 e. The number of aromatic nitrogens is 4. The molecule has 0 radical (unpaired) electrons. The predicted octanol–water partition coefficient (Wildman–Crippen LogP) is 1.90. The van der Waals surface area contributed by atoms with Gasteiger partial charge in [-0.1, -0.05) is 0 Å². The molecule has 8 nitrogen and oxygen atoms in total. The molecular weight excluding hydrogens is 346 g/mol. The zero-order valence-electron chi connectivity index (χ0n) is 15.1. The van der Waals surface area contributed by atoms with Crippen LogP contribution in [0.25, 0.3) is 10.9 Å². The third-order valence-corrected chi connectivity index (χ3v) is 4.89. The fourth-order valence-corrected chi connectivity index (χ4v) is 3.44. The van der Waals surface area contributed by atoms with Gasteiger partial charge in [-0.2, -0.15) is 5.10 Å². The summed E-state index contributed by atoms with van der Waals surface area (Å²) in [6.45, 7) is 0.849. The Morgan fingerprint density at radius 3 is 3.04 bits per heavy atom. The summed E-state index contributed by atoms with van der Waals surface area (Å²) in [5.41, 5.74) is 3.46. The molecule has 1 amide bonds. The van der Waals surface area contributed by atoms with Gasteiger partial charge in [-0.3, -0.25) is 19.3 Å². The van der Waals surface area contributed by atoms with Crippen molar-refractivity contribution >= 4 is 22.5 Å². The highest BCUT2D eigenvalue weighted by molar-refractivity contribution is 6.04. The number of carbonyl (C=O) groups excluding carboxylic acids is 1. The van der Waals surface area contributed by atoms with Gasteiger partial charge in [0.2, 0.25) is 0 Å². The zero-order valence-corrected chi connectivity index (χ0v) is 15.1. The summed E-state index contributed by atoms with van der Waals surface area (Å²) in [6, 6.07) is 5.13. The summed E-state index contributed by atoms with van der Waals surface area (Å²) < 4.78 is 6.52. The van der Waals surface area contributed by atoms with Crippen LogP contribution >= 0.6 is 0 Å². The first-order valence-corrected chi connectivity index (χ1v) is 9.03. The lowest BCUT2D eigenvalue weighted by atomic mass is 9.96. The molecule has 0 saturated carbocycles. The molecule has 0 bridgehead atoms. The highest BCUT2D eigenvalue weighted by Gasteiger charge is 2.21. The molecule has 0 spiro atoms. The van der Waals surface area contributed by atoms with E-state index in [-0.39, 0.29) is 11.5 Å². The lowest BCUT2D eigenvalue weighted by Crippen LogP contribution is -2.23. The Bertz CT molecular complexity index is 1050. The molecule has 1 aliphatic carbocycles. The highest BCUT2D eigenvalue weighted by Crippen LogP contribution is 2.23. The molecule has 1 aliphatic rings.